The third kappa shape index (κ3) is 3.23. The zero-order chi connectivity index (χ0) is 13.6. The molecule has 0 aromatic heterocycles. The third-order valence-corrected chi connectivity index (χ3v) is 3.96. The maximum absolute atomic E-state index is 12.7. The van der Waals surface area contributed by atoms with Gasteiger partial charge in [0.05, 0.1) is 5.41 Å². The van der Waals surface area contributed by atoms with Crippen molar-refractivity contribution in [1.82, 2.24) is 0 Å². The lowest BCUT2D eigenvalue weighted by molar-refractivity contribution is -0.128. The van der Waals surface area contributed by atoms with Gasteiger partial charge in [0.15, 0.2) is 0 Å². The summed E-state index contributed by atoms with van der Waals surface area (Å²) in [4.78, 5) is 12.7. The number of rotatable bonds is 6. The first-order valence-corrected chi connectivity index (χ1v) is 6.95. The fourth-order valence-electron chi connectivity index (χ4n) is 2.82. The first kappa shape index (κ1) is 14.2. The lowest BCUT2D eigenvalue weighted by atomic mass is 9.70. The number of benzene rings is 1. The van der Waals surface area contributed by atoms with Crippen LogP contribution in [0.1, 0.15) is 31.2 Å². The molecule has 1 fully saturated rings. The number of hydrogen-bond acceptors (Lipinski definition) is 3. The van der Waals surface area contributed by atoms with Crippen molar-refractivity contribution in [2.45, 2.75) is 31.1 Å². The van der Waals surface area contributed by atoms with E-state index >= 15 is 0 Å². The fourth-order valence-corrected chi connectivity index (χ4v) is 2.82. The topological polar surface area (TPSA) is 35.5 Å². The molecule has 0 bridgehead atoms. The van der Waals surface area contributed by atoms with Crippen molar-refractivity contribution < 1.29 is 14.3 Å². The van der Waals surface area contributed by atoms with Gasteiger partial charge in [-0.2, -0.15) is 0 Å². The van der Waals surface area contributed by atoms with E-state index in [2.05, 4.69) is 12.1 Å². The molecule has 0 atom stereocenters. The van der Waals surface area contributed by atoms with Crippen molar-refractivity contribution in [1.29, 1.82) is 0 Å². The highest BCUT2D eigenvalue weighted by Gasteiger charge is 2.40. The second-order valence-electron chi connectivity index (χ2n) is 5.08. The van der Waals surface area contributed by atoms with Gasteiger partial charge in [-0.1, -0.05) is 30.3 Å². The summed E-state index contributed by atoms with van der Waals surface area (Å²) < 4.78 is 10.5. The van der Waals surface area contributed by atoms with Crippen LogP contribution in [0.15, 0.2) is 30.3 Å². The number of carbonyl (C=O) groups is 1. The largest absolute Gasteiger partial charge is 0.385 e. The molecule has 0 N–H and O–H groups in total. The summed E-state index contributed by atoms with van der Waals surface area (Å²) in [5.74, 6) is 0.332. The van der Waals surface area contributed by atoms with Gasteiger partial charge in [-0.25, -0.2) is 0 Å². The van der Waals surface area contributed by atoms with Crippen LogP contribution in [0.2, 0.25) is 0 Å². The molecule has 19 heavy (non-hydrogen) atoms. The van der Waals surface area contributed by atoms with Gasteiger partial charge in [-0.15, -0.1) is 0 Å². The third-order valence-electron chi connectivity index (χ3n) is 3.96. The summed E-state index contributed by atoms with van der Waals surface area (Å²) in [7, 11) is 1.67. The standard InChI is InChI=1S/C16H22O3/c1-18-11-5-8-15(17)16(9-12-19-13-10-16)14-6-3-2-4-7-14/h2-4,6-7H,5,8-13H2,1H3. The Kier molecular flexibility index (Phi) is 5.11. The van der Waals surface area contributed by atoms with Crippen molar-refractivity contribution in [3.8, 4) is 0 Å². The molecule has 1 aliphatic rings. The van der Waals surface area contributed by atoms with Crippen molar-refractivity contribution in [3.05, 3.63) is 35.9 Å². The molecule has 1 aromatic rings. The van der Waals surface area contributed by atoms with E-state index in [-0.39, 0.29) is 5.41 Å². The van der Waals surface area contributed by atoms with Crippen molar-refractivity contribution >= 4 is 5.78 Å². The molecule has 0 aliphatic carbocycles. The lowest BCUT2D eigenvalue weighted by Gasteiger charge is -2.36. The molecule has 0 saturated carbocycles. The summed E-state index contributed by atoms with van der Waals surface area (Å²) in [6.45, 7) is 1.99. The molecule has 3 heteroatoms. The predicted molar refractivity (Wildman–Crippen MR) is 74.3 cm³/mol. The van der Waals surface area contributed by atoms with Crippen LogP contribution in [0.25, 0.3) is 0 Å². The maximum atomic E-state index is 12.7. The lowest BCUT2D eigenvalue weighted by Crippen LogP contribution is -2.41. The van der Waals surface area contributed by atoms with E-state index in [1.807, 2.05) is 18.2 Å². The summed E-state index contributed by atoms with van der Waals surface area (Å²) in [6, 6.07) is 10.1. The molecule has 1 saturated heterocycles. The molecule has 0 spiro atoms. The summed E-state index contributed by atoms with van der Waals surface area (Å²) in [6.07, 6.45) is 2.97. The van der Waals surface area contributed by atoms with Crippen LogP contribution >= 0.6 is 0 Å². The predicted octanol–water partition coefficient (Wildman–Crippen LogP) is 2.73. The monoisotopic (exact) mass is 262 g/mol. The Morgan fingerprint density at radius 3 is 2.58 bits per heavy atom. The van der Waals surface area contributed by atoms with E-state index in [0.29, 0.717) is 32.0 Å². The molecule has 0 unspecified atom stereocenters. The molecule has 3 nitrogen and oxygen atoms in total. The Morgan fingerprint density at radius 1 is 1.26 bits per heavy atom. The Hall–Kier alpha value is -1.19. The summed E-state index contributed by atoms with van der Waals surface area (Å²) >= 11 is 0. The molecular formula is C16H22O3. The second kappa shape index (κ2) is 6.83. The molecule has 1 aromatic carbocycles. The smallest absolute Gasteiger partial charge is 0.143 e. The fraction of sp³-hybridized carbons (Fsp3) is 0.562. The number of ether oxygens (including phenoxy) is 2. The van der Waals surface area contributed by atoms with Crippen LogP contribution in [0.4, 0.5) is 0 Å². The van der Waals surface area contributed by atoms with Gasteiger partial charge in [-0.3, -0.25) is 4.79 Å². The normalized spacial score (nSPS) is 18.2. The van der Waals surface area contributed by atoms with Crippen LogP contribution in [-0.4, -0.2) is 32.7 Å². The van der Waals surface area contributed by atoms with E-state index in [4.69, 9.17) is 9.47 Å². The Bertz CT molecular complexity index is 394. The van der Waals surface area contributed by atoms with Gasteiger partial charge >= 0.3 is 0 Å². The van der Waals surface area contributed by atoms with Gasteiger partial charge in [0, 0.05) is 33.4 Å². The molecule has 1 aliphatic heterocycles. The average Bonchev–Trinajstić information content (AvgIpc) is 2.49. The summed E-state index contributed by atoms with van der Waals surface area (Å²) in [5.41, 5.74) is 0.800. The molecule has 2 rings (SSSR count). The van der Waals surface area contributed by atoms with Gasteiger partial charge < -0.3 is 9.47 Å². The van der Waals surface area contributed by atoms with E-state index in [9.17, 15) is 4.79 Å². The number of carbonyl (C=O) groups excluding carboxylic acids is 1. The average molecular weight is 262 g/mol. The van der Waals surface area contributed by atoms with Crippen LogP contribution in [0.5, 0.6) is 0 Å². The first-order valence-electron chi connectivity index (χ1n) is 6.95. The van der Waals surface area contributed by atoms with E-state index in [0.717, 1.165) is 24.8 Å². The number of ketones is 1. The Balaban J connectivity index is 2.17. The Labute approximate surface area is 114 Å². The van der Waals surface area contributed by atoms with E-state index in [1.165, 1.54) is 0 Å². The molecule has 104 valence electrons. The van der Waals surface area contributed by atoms with Gasteiger partial charge in [0.25, 0.3) is 0 Å². The van der Waals surface area contributed by atoms with Crippen molar-refractivity contribution in [3.63, 3.8) is 0 Å². The molecule has 1 heterocycles. The van der Waals surface area contributed by atoms with E-state index in [1.54, 1.807) is 7.11 Å². The highest BCUT2D eigenvalue weighted by atomic mass is 16.5. The van der Waals surface area contributed by atoms with Crippen LogP contribution in [-0.2, 0) is 19.7 Å². The van der Waals surface area contributed by atoms with Gasteiger partial charge in [-0.05, 0) is 24.8 Å². The van der Waals surface area contributed by atoms with Crippen LogP contribution < -0.4 is 0 Å². The van der Waals surface area contributed by atoms with Gasteiger partial charge in [0.1, 0.15) is 5.78 Å². The SMILES string of the molecule is COCCCC(=O)C1(c2ccccc2)CCOCC1. The van der Waals surface area contributed by atoms with Crippen molar-refractivity contribution in [2.24, 2.45) is 0 Å². The number of Topliss-reactive ketones (excluding diaryl/α,β-unsaturated/α-hetero) is 1. The minimum Gasteiger partial charge on any atom is -0.385 e. The van der Waals surface area contributed by atoms with E-state index < -0.39 is 0 Å². The van der Waals surface area contributed by atoms with Crippen LogP contribution in [0, 0.1) is 0 Å². The number of hydrogen-bond donors (Lipinski definition) is 0. The zero-order valence-electron chi connectivity index (χ0n) is 11.6. The minimum atomic E-state index is -0.340. The first-order chi connectivity index (χ1) is 9.29. The highest BCUT2D eigenvalue weighted by molar-refractivity contribution is 5.90. The van der Waals surface area contributed by atoms with Crippen LogP contribution in [0.3, 0.4) is 0 Å². The maximum Gasteiger partial charge on any atom is 0.143 e. The quantitative estimate of drug-likeness (QED) is 0.739. The zero-order valence-corrected chi connectivity index (χ0v) is 11.6. The summed E-state index contributed by atoms with van der Waals surface area (Å²) in [5, 5.41) is 0. The molecule has 0 radical (unpaired) electrons. The minimum absolute atomic E-state index is 0.332. The molecular weight excluding hydrogens is 240 g/mol. The Morgan fingerprint density at radius 2 is 1.95 bits per heavy atom. The van der Waals surface area contributed by atoms with Gasteiger partial charge in [0.2, 0.25) is 0 Å². The molecule has 0 amide bonds. The number of methoxy groups -OCH3 is 1. The second-order valence-corrected chi connectivity index (χ2v) is 5.08. The van der Waals surface area contributed by atoms with Crippen molar-refractivity contribution in [2.75, 3.05) is 26.9 Å². The highest BCUT2D eigenvalue weighted by Crippen LogP contribution is 2.36.